The second kappa shape index (κ2) is 3.67. The van der Waals surface area contributed by atoms with Gasteiger partial charge in [-0.05, 0) is 25.8 Å². The highest BCUT2D eigenvalue weighted by Crippen LogP contribution is 2.00. The van der Waals surface area contributed by atoms with E-state index in [1.165, 1.54) is 0 Å². The van der Waals surface area contributed by atoms with E-state index in [2.05, 4.69) is 0 Å². The molecule has 0 heterocycles. The highest BCUT2D eigenvalue weighted by atomic mass is 16.3. The fourth-order valence-electron chi connectivity index (χ4n) is 0.488. The SMILES string of the molecule is CC/C=C(\C)C(C)[O]. The van der Waals surface area contributed by atoms with Crippen LogP contribution in [0.3, 0.4) is 0 Å². The first kappa shape index (κ1) is 7.70. The summed E-state index contributed by atoms with van der Waals surface area (Å²) in [4.78, 5) is 0. The second-order valence-corrected chi connectivity index (χ2v) is 2.00. The monoisotopic (exact) mass is 113 g/mol. The third-order valence-corrected chi connectivity index (χ3v) is 1.17. The van der Waals surface area contributed by atoms with Gasteiger partial charge in [-0.2, -0.15) is 0 Å². The van der Waals surface area contributed by atoms with Gasteiger partial charge in [-0.1, -0.05) is 13.0 Å². The quantitative estimate of drug-likeness (QED) is 0.489. The Kier molecular flexibility index (Phi) is 3.53. The smallest absolute Gasteiger partial charge is 0.111 e. The predicted molar refractivity (Wildman–Crippen MR) is 34.2 cm³/mol. The van der Waals surface area contributed by atoms with E-state index < -0.39 is 6.10 Å². The van der Waals surface area contributed by atoms with Gasteiger partial charge in [0.25, 0.3) is 0 Å². The molecule has 0 rings (SSSR count). The predicted octanol–water partition coefficient (Wildman–Crippen LogP) is 2.16. The molecule has 0 aliphatic rings. The van der Waals surface area contributed by atoms with Gasteiger partial charge in [-0.25, -0.2) is 5.11 Å². The Labute approximate surface area is 51.0 Å². The lowest BCUT2D eigenvalue weighted by Crippen LogP contribution is -1.97. The van der Waals surface area contributed by atoms with Gasteiger partial charge in [-0.3, -0.25) is 0 Å². The first-order valence-corrected chi connectivity index (χ1v) is 3.01. The van der Waals surface area contributed by atoms with Gasteiger partial charge in [0.05, 0.1) is 0 Å². The van der Waals surface area contributed by atoms with E-state index in [9.17, 15) is 5.11 Å². The lowest BCUT2D eigenvalue weighted by atomic mass is 10.2. The third-order valence-electron chi connectivity index (χ3n) is 1.17. The van der Waals surface area contributed by atoms with Crippen LogP contribution in [0.5, 0.6) is 0 Å². The molecule has 0 spiro atoms. The largest absolute Gasteiger partial charge is 0.229 e. The van der Waals surface area contributed by atoms with Gasteiger partial charge < -0.3 is 0 Å². The Bertz CT molecular complexity index is 82.4. The molecule has 1 radical (unpaired) electrons. The number of hydrogen-bond acceptors (Lipinski definition) is 0. The van der Waals surface area contributed by atoms with Crippen molar-refractivity contribution in [3.63, 3.8) is 0 Å². The summed E-state index contributed by atoms with van der Waals surface area (Å²) in [7, 11) is 0. The van der Waals surface area contributed by atoms with E-state index in [0.717, 1.165) is 12.0 Å². The minimum absolute atomic E-state index is 0.519. The van der Waals surface area contributed by atoms with E-state index >= 15 is 0 Å². The molecule has 47 valence electrons. The van der Waals surface area contributed by atoms with Crippen LogP contribution in [0.4, 0.5) is 0 Å². The average molecular weight is 113 g/mol. The molecule has 1 unspecified atom stereocenters. The maximum absolute atomic E-state index is 10.5. The molecule has 0 aromatic heterocycles. The molecule has 0 N–H and O–H groups in total. The lowest BCUT2D eigenvalue weighted by molar-refractivity contribution is 0.136. The summed E-state index contributed by atoms with van der Waals surface area (Å²) in [6, 6.07) is 0. The number of rotatable bonds is 2. The van der Waals surface area contributed by atoms with Crippen molar-refractivity contribution in [1.82, 2.24) is 0 Å². The molecule has 1 heteroatoms. The molecule has 0 saturated carbocycles. The lowest BCUT2D eigenvalue weighted by Gasteiger charge is -1.98. The summed E-state index contributed by atoms with van der Waals surface area (Å²) < 4.78 is 0. The van der Waals surface area contributed by atoms with Gasteiger partial charge in [-0.15, -0.1) is 0 Å². The Morgan fingerprint density at radius 3 is 2.38 bits per heavy atom. The molecular weight excluding hydrogens is 100 g/mol. The summed E-state index contributed by atoms with van der Waals surface area (Å²) in [6.07, 6.45) is 2.42. The maximum Gasteiger partial charge on any atom is 0.111 e. The first-order valence-electron chi connectivity index (χ1n) is 3.01. The van der Waals surface area contributed by atoms with Crippen LogP contribution in [0.2, 0.25) is 0 Å². The molecule has 0 saturated heterocycles. The zero-order valence-electron chi connectivity index (χ0n) is 5.77. The molecule has 0 fully saturated rings. The Hall–Kier alpha value is -0.300. The van der Waals surface area contributed by atoms with Crippen molar-refractivity contribution in [1.29, 1.82) is 0 Å². The molecule has 8 heavy (non-hydrogen) atoms. The van der Waals surface area contributed by atoms with Crippen LogP contribution < -0.4 is 0 Å². The van der Waals surface area contributed by atoms with Gasteiger partial charge in [0.15, 0.2) is 0 Å². The zero-order chi connectivity index (χ0) is 6.57. The molecule has 0 aromatic carbocycles. The van der Waals surface area contributed by atoms with Crippen LogP contribution in [0.15, 0.2) is 11.6 Å². The van der Waals surface area contributed by atoms with Crippen LogP contribution in [0.25, 0.3) is 0 Å². The summed E-state index contributed by atoms with van der Waals surface area (Å²) in [5.41, 5.74) is 0.951. The third kappa shape index (κ3) is 2.80. The molecule has 0 amide bonds. The van der Waals surface area contributed by atoms with Crippen LogP contribution in [-0.2, 0) is 5.11 Å². The minimum Gasteiger partial charge on any atom is -0.229 e. The highest BCUT2D eigenvalue weighted by Gasteiger charge is 1.96. The molecule has 0 bridgehead atoms. The molecule has 1 nitrogen and oxygen atoms in total. The Morgan fingerprint density at radius 1 is 1.75 bits per heavy atom. The van der Waals surface area contributed by atoms with E-state index in [1.807, 2.05) is 19.9 Å². The van der Waals surface area contributed by atoms with Crippen LogP contribution in [0, 0.1) is 0 Å². The molecule has 1 atom stereocenters. The van der Waals surface area contributed by atoms with E-state index in [-0.39, 0.29) is 0 Å². The summed E-state index contributed by atoms with van der Waals surface area (Å²) in [5, 5.41) is 10.5. The van der Waals surface area contributed by atoms with Gasteiger partial charge in [0.1, 0.15) is 6.10 Å². The average Bonchev–Trinajstić information content (AvgIpc) is 1.67. The Morgan fingerprint density at radius 2 is 2.25 bits per heavy atom. The fourth-order valence-corrected chi connectivity index (χ4v) is 0.488. The van der Waals surface area contributed by atoms with Gasteiger partial charge in [0.2, 0.25) is 0 Å². The second-order valence-electron chi connectivity index (χ2n) is 2.00. The summed E-state index contributed by atoms with van der Waals surface area (Å²) >= 11 is 0. The van der Waals surface area contributed by atoms with E-state index in [1.54, 1.807) is 6.92 Å². The van der Waals surface area contributed by atoms with Crippen molar-refractivity contribution in [2.45, 2.75) is 33.3 Å². The molecule has 0 aliphatic heterocycles. The van der Waals surface area contributed by atoms with Crippen molar-refractivity contribution in [3.8, 4) is 0 Å². The molecule has 0 aliphatic carbocycles. The standard InChI is InChI=1S/C7H13O/c1-4-5-6(2)7(3)8/h5,7H,4H2,1-3H3/b6-5+. The highest BCUT2D eigenvalue weighted by molar-refractivity contribution is 5.01. The van der Waals surface area contributed by atoms with Crippen LogP contribution >= 0.6 is 0 Å². The normalized spacial score (nSPS) is 16.2. The fraction of sp³-hybridized carbons (Fsp3) is 0.714. The van der Waals surface area contributed by atoms with Crippen molar-refractivity contribution in [3.05, 3.63) is 11.6 Å². The number of allylic oxidation sites excluding steroid dienone is 1. The van der Waals surface area contributed by atoms with E-state index in [4.69, 9.17) is 0 Å². The Balaban J connectivity index is 3.61. The maximum atomic E-state index is 10.5. The van der Waals surface area contributed by atoms with Gasteiger partial charge >= 0.3 is 0 Å². The number of hydrogen-bond donors (Lipinski definition) is 0. The van der Waals surface area contributed by atoms with Crippen LogP contribution in [-0.4, -0.2) is 6.10 Å². The topological polar surface area (TPSA) is 19.9 Å². The van der Waals surface area contributed by atoms with Crippen molar-refractivity contribution in [2.24, 2.45) is 0 Å². The molecular formula is C7H13O. The molecule has 0 aromatic rings. The van der Waals surface area contributed by atoms with Crippen molar-refractivity contribution < 1.29 is 5.11 Å². The zero-order valence-corrected chi connectivity index (χ0v) is 5.77. The van der Waals surface area contributed by atoms with Crippen LogP contribution in [0.1, 0.15) is 27.2 Å². The van der Waals surface area contributed by atoms with Crippen molar-refractivity contribution >= 4 is 0 Å². The van der Waals surface area contributed by atoms with E-state index in [0.29, 0.717) is 0 Å². The summed E-state index contributed by atoms with van der Waals surface area (Å²) in [6.45, 7) is 5.58. The van der Waals surface area contributed by atoms with Crippen molar-refractivity contribution in [2.75, 3.05) is 0 Å². The summed E-state index contributed by atoms with van der Waals surface area (Å²) in [5.74, 6) is 0. The minimum atomic E-state index is -0.519. The first-order chi connectivity index (χ1) is 3.68. The van der Waals surface area contributed by atoms with Gasteiger partial charge in [0, 0.05) is 0 Å².